The summed E-state index contributed by atoms with van der Waals surface area (Å²) in [5, 5.41) is 3.14. The Labute approximate surface area is 108 Å². The number of carbonyl (C=O) groups is 1. The maximum atomic E-state index is 13.6. The normalized spacial score (nSPS) is 19.4. The van der Waals surface area contributed by atoms with Crippen molar-refractivity contribution in [3.63, 3.8) is 0 Å². The highest BCUT2D eigenvalue weighted by atomic mass is 79.9. The van der Waals surface area contributed by atoms with Crippen LogP contribution < -0.4 is 10.2 Å². The number of hydrogen-bond acceptors (Lipinski definition) is 2. The number of anilines is 1. The van der Waals surface area contributed by atoms with Crippen molar-refractivity contribution < 1.29 is 9.18 Å². The zero-order chi connectivity index (χ0) is 12.4. The van der Waals surface area contributed by atoms with Gasteiger partial charge in [-0.2, -0.15) is 0 Å². The third-order valence-electron chi connectivity index (χ3n) is 3.01. The highest BCUT2D eigenvalue weighted by Crippen LogP contribution is 2.25. The van der Waals surface area contributed by atoms with Crippen molar-refractivity contribution in [1.29, 1.82) is 0 Å². The Morgan fingerprint density at radius 2 is 2.35 bits per heavy atom. The van der Waals surface area contributed by atoms with Crippen LogP contribution in [0.1, 0.15) is 6.42 Å². The van der Waals surface area contributed by atoms with Gasteiger partial charge in [0.1, 0.15) is 5.82 Å². The molecular weight excluding hydrogens is 287 g/mol. The lowest BCUT2D eigenvalue weighted by atomic mass is 10.1. The number of amides is 1. The van der Waals surface area contributed by atoms with E-state index in [2.05, 4.69) is 21.2 Å². The maximum Gasteiger partial charge on any atom is 0.231 e. The van der Waals surface area contributed by atoms with Crippen molar-refractivity contribution in [2.75, 3.05) is 25.0 Å². The molecule has 0 aliphatic carbocycles. The van der Waals surface area contributed by atoms with Crippen molar-refractivity contribution in [1.82, 2.24) is 5.32 Å². The summed E-state index contributed by atoms with van der Waals surface area (Å²) in [5.74, 6) is -0.458. The largest absolute Gasteiger partial charge is 0.316 e. The van der Waals surface area contributed by atoms with E-state index in [0.29, 0.717) is 12.2 Å². The van der Waals surface area contributed by atoms with E-state index < -0.39 is 0 Å². The standard InChI is InChI=1S/C12H14BrFN2O/c1-16(12(17)8-4-5-15-7-8)11-6-9(13)2-3-10(11)14/h2-3,6,8,15H,4-5,7H2,1H3. The van der Waals surface area contributed by atoms with Gasteiger partial charge in [-0.15, -0.1) is 0 Å². The summed E-state index contributed by atoms with van der Waals surface area (Å²) in [5.41, 5.74) is 0.316. The third-order valence-corrected chi connectivity index (χ3v) is 3.50. The first kappa shape index (κ1) is 12.5. The van der Waals surface area contributed by atoms with Crippen LogP contribution in [0.2, 0.25) is 0 Å². The highest BCUT2D eigenvalue weighted by Gasteiger charge is 2.27. The monoisotopic (exact) mass is 300 g/mol. The molecule has 2 rings (SSSR count). The predicted octanol–water partition coefficient (Wildman–Crippen LogP) is 2.16. The zero-order valence-corrected chi connectivity index (χ0v) is 11.1. The van der Waals surface area contributed by atoms with Crippen molar-refractivity contribution in [3.8, 4) is 0 Å². The number of carbonyl (C=O) groups excluding carboxylic acids is 1. The summed E-state index contributed by atoms with van der Waals surface area (Å²) in [4.78, 5) is 13.5. The molecule has 1 aromatic carbocycles. The van der Waals surface area contributed by atoms with E-state index in [1.54, 1.807) is 19.2 Å². The van der Waals surface area contributed by atoms with Gasteiger partial charge in [-0.1, -0.05) is 15.9 Å². The van der Waals surface area contributed by atoms with E-state index in [-0.39, 0.29) is 17.6 Å². The average molecular weight is 301 g/mol. The topological polar surface area (TPSA) is 32.3 Å². The summed E-state index contributed by atoms with van der Waals surface area (Å²) < 4.78 is 14.4. The van der Waals surface area contributed by atoms with Gasteiger partial charge in [0.25, 0.3) is 0 Å². The van der Waals surface area contributed by atoms with E-state index >= 15 is 0 Å². The molecule has 1 aliphatic heterocycles. The Bertz CT molecular complexity index is 433. The molecule has 1 saturated heterocycles. The Kier molecular flexibility index (Phi) is 3.79. The molecule has 5 heteroatoms. The fourth-order valence-corrected chi connectivity index (χ4v) is 2.35. The Morgan fingerprint density at radius 1 is 1.59 bits per heavy atom. The van der Waals surface area contributed by atoms with Gasteiger partial charge < -0.3 is 10.2 Å². The van der Waals surface area contributed by atoms with Crippen molar-refractivity contribution in [2.45, 2.75) is 6.42 Å². The third kappa shape index (κ3) is 2.66. The molecule has 0 radical (unpaired) electrons. The SMILES string of the molecule is CN(C(=O)C1CCNC1)c1cc(Br)ccc1F. The molecule has 1 N–H and O–H groups in total. The fourth-order valence-electron chi connectivity index (χ4n) is 2.00. The molecule has 0 spiro atoms. The molecule has 1 atom stereocenters. The molecule has 1 fully saturated rings. The van der Waals surface area contributed by atoms with Crippen LogP contribution in [-0.2, 0) is 4.79 Å². The Hall–Kier alpha value is -0.940. The molecule has 1 unspecified atom stereocenters. The van der Waals surface area contributed by atoms with Gasteiger partial charge in [0.05, 0.1) is 11.6 Å². The van der Waals surface area contributed by atoms with Gasteiger partial charge >= 0.3 is 0 Å². The van der Waals surface area contributed by atoms with E-state index in [0.717, 1.165) is 17.4 Å². The quantitative estimate of drug-likeness (QED) is 0.908. The van der Waals surface area contributed by atoms with E-state index in [9.17, 15) is 9.18 Å². The van der Waals surface area contributed by atoms with E-state index in [1.165, 1.54) is 11.0 Å². The van der Waals surface area contributed by atoms with Crippen molar-refractivity contribution in [2.24, 2.45) is 5.92 Å². The molecule has 1 amide bonds. The zero-order valence-electron chi connectivity index (χ0n) is 9.54. The summed E-state index contributed by atoms with van der Waals surface area (Å²) in [7, 11) is 1.62. The molecule has 0 aromatic heterocycles. The lowest BCUT2D eigenvalue weighted by molar-refractivity contribution is -0.121. The van der Waals surface area contributed by atoms with Crippen molar-refractivity contribution in [3.05, 3.63) is 28.5 Å². The number of halogens is 2. The van der Waals surface area contributed by atoms with Crippen molar-refractivity contribution >= 4 is 27.5 Å². The van der Waals surface area contributed by atoms with Crippen LogP contribution >= 0.6 is 15.9 Å². The van der Waals surface area contributed by atoms with Gasteiger partial charge in [-0.05, 0) is 31.2 Å². The fraction of sp³-hybridized carbons (Fsp3) is 0.417. The summed E-state index contributed by atoms with van der Waals surface area (Å²) in [6.45, 7) is 1.53. The van der Waals surface area contributed by atoms with Crippen LogP contribution in [-0.4, -0.2) is 26.0 Å². The first-order valence-corrected chi connectivity index (χ1v) is 6.32. The Morgan fingerprint density at radius 3 is 3.00 bits per heavy atom. The maximum absolute atomic E-state index is 13.6. The molecular formula is C12H14BrFN2O. The van der Waals surface area contributed by atoms with Crippen LogP contribution in [0.4, 0.5) is 10.1 Å². The summed E-state index contributed by atoms with van der Waals surface area (Å²) >= 11 is 3.28. The second-order valence-corrected chi connectivity index (χ2v) is 5.10. The number of nitrogens with zero attached hydrogens (tertiary/aromatic N) is 1. The molecule has 0 bridgehead atoms. The first-order valence-electron chi connectivity index (χ1n) is 5.53. The number of rotatable bonds is 2. The summed E-state index contributed by atoms with van der Waals surface area (Å²) in [6, 6.07) is 4.60. The smallest absolute Gasteiger partial charge is 0.231 e. The minimum atomic E-state index is -0.380. The number of nitrogens with one attached hydrogen (secondary N) is 1. The molecule has 1 aromatic rings. The molecule has 1 aliphatic rings. The van der Waals surface area contributed by atoms with Crippen LogP contribution in [0.15, 0.2) is 22.7 Å². The lowest BCUT2D eigenvalue weighted by Gasteiger charge is -2.21. The van der Waals surface area contributed by atoms with Gasteiger partial charge in [0.2, 0.25) is 5.91 Å². The second-order valence-electron chi connectivity index (χ2n) is 4.18. The summed E-state index contributed by atoms with van der Waals surface area (Å²) in [6.07, 6.45) is 0.818. The van der Waals surface area contributed by atoms with Crippen LogP contribution in [0, 0.1) is 11.7 Å². The Balaban J connectivity index is 2.20. The van der Waals surface area contributed by atoms with Crippen LogP contribution in [0.5, 0.6) is 0 Å². The van der Waals surface area contributed by atoms with E-state index in [1.807, 2.05) is 0 Å². The lowest BCUT2D eigenvalue weighted by Crippen LogP contribution is -2.34. The van der Waals surface area contributed by atoms with Gasteiger partial charge in [-0.25, -0.2) is 4.39 Å². The average Bonchev–Trinajstić information content (AvgIpc) is 2.84. The molecule has 0 saturated carbocycles. The predicted molar refractivity (Wildman–Crippen MR) is 68.5 cm³/mol. The minimum Gasteiger partial charge on any atom is -0.316 e. The highest BCUT2D eigenvalue weighted by molar-refractivity contribution is 9.10. The molecule has 17 heavy (non-hydrogen) atoms. The van der Waals surface area contributed by atoms with Gasteiger partial charge in [0, 0.05) is 18.1 Å². The van der Waals surface area contributed by atoms with Crippen LogP contribution in [0.25, 0.3) is 0 Å². The molecule has 3 nitrogen and oxygen atoms in total. The van der Waals surface area contributed by atoms with Gasteiger partial charge in [0.15, 0.2) is 0 Å². The van der Waals surface area contributed by atoms with Gasteiger partial charge in [-0.3, -0.25) is 4.79 Å². The van der Waals surface area contributed by atoms with E-state index in [4.69, 9.17) is 0 Å². The number of hydrogen-bond donors (Lipinski definition) is 1. The molecule has 1 heterocycles. The second kappa shape index (κ2) is 5.14. The minimum absolute atomic E-state index is 0.0352. The first-order chi connectivity index (χ1) is 8.09. The van der Waals surface area contributed by atoms with Crippen LogP contribution in [0.3, 0.4) is 0 Å². The number of benzene rings is 1. The molecule has 92 valence electrons.